The molecule has 0 saturated heterocycles. The first-order valence-corrected chi connectivity index (χ1v) is 9.98. The average molecular weight is 498 g/mol. The standard InChI is InChI=1S/C20H15BrCl2N2O4/c1-11-6-7-12-14(22)8-15(23)20(19(12)24-11)29-10-18(27)28-9-17(26)25-16-5-3-2-4-13(16)21/h2-8H,9-10H2,1H3,(H,25,26). The Morgan fingerprint density at radius 2 is 1.86 bits per heavy atom. The summed E-state index contributed by atoms with van der Waals surface area (Å²) in [5.41, 5.74) is 1.76. The third kappa shape index (κ3) is 5.38. The summed E-state index contributed by atoms with van der Waals surface area (Å²) in [7, 11) is 0. The van der Waals surface area contributed by atoms with Crippen molar-refractivity contribution in [2.24, 2.45) is 0 Å². The van der Waals surface area contributed by atoms with Crippen LogP contribution in [0.3, 0.4) is 0 Å². The molecule has 29 heavy (non-hydrogen) atoms. The lowest BCUT2D eigenvalue weighted by atomic mass is 10.2. The summed E-state index contributed by atoms with van der Waals surface area (Å²) in [4.78, 5) is 28.3. The van der Waals surface area contributed by atoms with Crippen LogP contribution in [0.2, 0.25) is 10.0 Å². The van der Waals surface area contributed by atoms with Crippen molar-refractivity contribution in [2.75, 3.05) is 18.5 Å². The van der Waals surface area contributed by atoms with Crippen LogP contribution in [0.1, 0.15) is 5.69 Å². The molecule has 0 aliphatic rings. The fourth-order valence-electron chi connectivity index (χ4n) is 2.50. The molecule has 0 atom stereocenters. The lowest BCUT2D eigenvalue weighted by molar-refractivity contribution is -0.149. The van der Waals surface area contributed by atoms with Crippen molar-refractivity contribution in [1.29, 1.82) is 0 Å². The van der Waals surface area contributed by atoms with E-state index in [1.165, 1.54) is 6.07 Å². The molecule has 1 N–H and O–H groups in total. The van der Waals surface area contributed by atoms with Gasteiger partial charge in [0.1, 0.15) is 5.52 Å². The van der Waals surface area contributed by atoms with Crippen LogP contribution >= 0.6 is 39.1 Å². The van der Waals surface area contributed by atoms with Crippen LogP contribution in [0.4, 0.5) is 5.69 Å². The van der Waals surface area contributed by atoms with Gasteiger partial charge in [0.25, 0.3) is 5.91 Å². The highest BCUT2D eigenvalue weighted by Gasteiger charge is 2.16. The molecule has 0 saturated carbocycles. The lowest BCUT2D eigenvalue weighted by Gasteiger charge is -2.12. The predicted molar refractivity (Wildman–Crippen MR) is 116 cm³/mol. The second kappa shape index (κ2) is 9.43. The van der Waals surface area contributed by atoms with E-state index in [9.17, 15) is 9.59 Å². The maximum absolute atomic E-state index is 12.0. The number of para-hydroxylation sites is 1. The molecule has 3 rings (SSSR count). The highest BCUT2D eigenvalue weighted by atomic mass is 79.9. The zero-order valence-electron chi connectivity index (χ0n) is 15.2. The van der Waals surface area contributed by atoms with Gasteiger partial charge < -0.3 is 14.8 Å². The first kappa shape index (κ1) is 21.4. The second-order valence-corrected chi connectivity index (χ2v) is 7.66. The first-order chi connectivity index (χ1) is 13.8. The Bertz CT molecular complexity index is 1090. The van der Waals surface area contributed by atoms with Gasteiger partial charge in [-0.15, -0.1) is 0 Å². The maximum Gasteiger partial charge on any atom is 0.344 e. The molecule has 0 bridgehead atoms. The Hall–Kier alpha value is -2.35. The summed E-state index contributed by atoms with van der Waals surface area (Å²) in [6, 6.07) is 12.2. The number of amides is 1. The van der Waals surface area contributed by atoms with Crippen LogP contribution in [0.5, 0.6) is 5.75 Å². The molecule has 0 aliphatic heterocycles. The van der Waals surface area contributed by atoms with Gasteiger partial charge in [0.15, 0.2) is 19.0 Å². The number of aromatic nitrogens is 1. The number of carbonyl (C=O) groups is 2. The third-order valence-corrected chi connectivity index (χ3v) is 5.11. The number of aryl methyl sites for hydroxylation is 1. The van der Waals surface area contributed by atoms with Gasteiger partial charge >= 0.3 is 5.97 Å². The number of rotatable bonds is 6. The number of benzene rings is 2. The molecule has 2 aromatic carbocycles. The van der Waals surface area contributed by atoms with Gasteiger partial charge in [0.2, 0.25) is 0 Å². The Kier molecular flexibility index (Phi) is 6.95. The molecule has 0 aliphatic carbocycles. The number of pyridine rings is 1. The normalized spacial score (nSPS) is 10.6. The van der Waals surface area contributed by atoms with Gasteiger partial charge in [-0.1, -0.05) is 35.3 Å². The Balaban J connectivity index is 1.60. The molecule has 9 heteroatoms. The van der Waals surface area contributed by atoms with E-state index in [4.69, 9.17) is 32.7 Å². The van der Waals surface area contributed by atoms with Crippen molar-refractivity contribution in [1.82, 2.24) is 4.98 Å². The number of halogens is 3. The monoisotopic (exact) mass is 496 g/mol. The fourth-order valence-corrected chi connectivity index (χ4v) is 3.45. The van der Waals surface area contributed by atoms with Crippen molar-refractivity contribution in [2.45, 2.75) is 6.92 Å². The van der Waals surface area contributed by atoms with Crippen molar-refractivity contribution in [3.05, 3.63) is 62.7 Å². The lowest BCUT2D eigenvalue weighted by Crippen LogP contribution is -2.23. The van der Waals surface area contributed by atoms with Gasteiger partial charge in [-0.25, -0.2) is 9.78 Å². The maximum atomic E-state index is 12.0. The zero-order valence-corrected chi connectivity index (χ0v) is 18.3. The largest absolute Gasteiger partial charge is 0.478 e. The quantitative estimate of drug-likeness (QED) is 0.475. The number of hydrogen-bond donors (Lipinski definition) is 1. The highest BCUT2D eigenvalue weighted by molar-refractivity contribution is 9.10. The smallest absolute Gasteiger partial charge is 0.344 e. The van der Waals surface area contributed by atoms with Gasteiger partial charge in [-0.3, -0.25) is 4.79 Å². The summed E-state index contributed by atoms with van der Waals surface area (Å²) < 4.78 is 11.2. The molecule has 1 amide bonds. The SMILES string of the molecule is Cc1ccc2c(Cl)cc(Cl)c(OCC(=O)OCC(=O)Nc3ccccc3Br)c2n1. The summed E-state index contributed by atoms with van der Waals surface area (Å²) in [6.45, 7) is 0.931. The van der Waals surface area contributed by atoms with Crippen LogP contribution in [0, 0.1) is 6.92 Å². The minimum absolute atomic E-state index is 0.222. The van der Waals surface area contributed by atoms with E-state index in [0.29, 0.717) is 21.6 Å². The van der Waals surface area contributed by atoms with E-state index >= 15 is 0 Å². The van der Waals surface area contributed by atoms with Gasteiger partial charge in [0, 0.05) is 15.6 Å². The van der Waals surface area contributed by atoms with Crippen molar-refractivity contribution in [3.63, 3.8) is 0 Å². The number of carbonyl (C=O) groups excluding carboxylic acids is 2. The molecule has 0 spiro atoms. The minimum Gasteiger partial charge on any atom is -0.478 e. The van der Waals surface area contributed by atoms with E-state index in [2.05, 4.69) is 26.2 Å². The van der Waals surface area contributed by atoms with Crippen LogP contribution < -0.4 is 10.1 Å². The van der Waals surface area contributed by atoms with Crippen LogP contribution in [0.15, 0.2) is 46.9 Å². The summed E-state index contributed by atoms with van der Waals surface area (Å²) in [5, 5.41) is 3.94. The number of esters is 1. The first-order valence-electron chi connectivity index (χ1n) is 8.43. The van der Waals surface area contributed by atoms with Crippen LogP contribution in [0.25, 0.3) is 10.9 Å². The van der Waals surface area contributed by atoms with E-state index in [1.54, 1.807) is 24.3 Å². The van der Waals surface area contributed by atoms with E-state index in [0.717, 1.165) is 10.2 Å². The van der Waals surface area contributed by atoms with E-state index < -0.39 is 25.1 Å². The Morgan fingerprint density at radius 3 is 2.62 bits per heavy atom. The summed E-state index contributed by atoms with van der Waals surface area (Å²) >= 11 is 15.7. The zero-order chi connectivity index (χ0) is 21.0. The molecular weight excluding hydrogens is 483 g/mol. The molecule has 1 heterocycles. The minimum atomic E-state index is -0.723. The topological polar surface area (TPSA) is 77.5 Å². The molecule has 6 nitrogen and oxygen atoms in total. The molecule has 0 unspecified atom stereocenters. The number of fused-ring (bicyclic) bond motifs is 1. The van der Waals surface area contributed by atoms with Gasteiger partial charge in [-0.05, 0) is 53.2 Å². The number of nitrogens with one attached hydrogen (secondary N) is 1. The van der Waals surface area contributed by atoms with Crippen molar-refractivity contribution in [3.8, 4) is 5.75 Å². The Morgan fingerprint density at radius 1 is 1.10 bits per heavy atom. The van der Waals surface area contributed by atoms with E-state index in [1.807, 2.05) is 19.1 Å². The molecule has 3 aromatic rings. The van der Waals surface area contributed by atoms with E-state index in [-0.39, 0.29) is 10.8 Å². The highest BCUT2D eigenvalue weighted by Crippen LogP contribution is 2.37. The molecule has 150 valence electrons. The summed E-state index contributed by atoms with van der Waals surface area (Å²) in [6.07, 6.45) is 0. The predicted octanol–water partition coefficient (Wildman–Crippen LogP) is 5.17. The number of hydrogen-bond acceptors (Lipinski definition) is 5. The fraction of sp³-hybridized carbons (Fsp3) is 0.150. The van der Waals surface area contributed by atoms with Crippen LogP contribution in [-0.2, 0) is 14.3 Å². The average Bonchev–Trinajstić information content (AvgIpc) is 2.67. The molecular formula is C20H15BrCl2N2O4. The molecule has 0 radical (unpaired) electrons. The molecule has 0 fully saturated rings. The molecule has 1 aromatic heterocycles. The number of ether oxygens (including phenoxy) is 2. The Labute approximate surface area is 185 Å². The second-order valence-electron chi connectivity index (χ2n) is 6.00. The number of nitrogens with zero attached hydrogens (tertiary/aromatic N) is 1. The van der Waals surface area contributed by atoms with Gasteiger partial charge in [-0.2, -0.15) is 0 Å². The summed E-state index contributed by atoms with van der Waals surface area (Å²) in [5.74, 6) is -0.971. The van der Waals surface area contributed by atoms with Crippen molar-refractivity contribution < 1.29 is 19.1 Å². The number of anilines is 1. The third-order valence-electron chi connectivity index (χ3n) is 3.82. The van der Waals surface area contributed by atoms with Crippen molar-refractivity contribution >= 4 is 67.6 Å². The van der Waals surface area contributed by atoms with Crippen LogP contribution in [-0.4, -0.2) is 30.1 Å². The van der Waals surface area contributed by atoms with Gasteiger partial charge in [0.05, 0.1) is 15.7 Å².